The van der Waals surface area contributed by atoms with Crippen LogP contribution >= 0.6 is 0 Å². The van der Waals surface area contributed by atoms with Crippen molar-refractivity contribution in [2.75, 3.05) is 13.6 Å². The van der Waals surface area contributed by atoms with E-state index in [0.29, 0.717) is 17.6 Å². The van der Waals surface area contributed by atoms with Gasteiger partial charge in [0.1, 0.15) is 42.0 Å². The molecule has 1 saturated heterocycles. The number of aliphatic imine (C=N–C) groups is 1. The summed E-state index contributed by atoms with van der Waals surface area (Å²) in [6.07, 6.45) is 3.48. The van der Waals surface area contributed by atoms with Crippen LogP contribution in [-0.2, 0) is 65.5 Å². The van der Waals surface area contributed by atoms with Gasteiger partial charge in [0.15, 0.2) is 5.96 Å². The Kier molecular flexibility index (Phi) is 24.5. The van der Waals surface area contributed by atoms with E-state index >= 15 is 0 Å². The molecule has 76 heavy (non-hydrogen) atoms. The second kappa shape index (κ2) is 30.1. The van der Waals surface area contributed by atoms with E-state index in [0.717, 1.165) is 10.5 Å². The number of carboxylic acids is 2. The molecule has 12 N–H and O–H groups in total. The molecule has 7 amide bonds. The average molecular weight is 1060 g/mol. The number of carbonyl (C=O) groups excluding carboxylic acids is 8. The molecule has 0 saturated carbocycles. The molecule has 0 spiro atoms. The van der Waals surface area contributed by atoms with Gasteiger partial charge in [0.05, 0.1) is 17.9 Å². The molecule has 2 aromatic rings. The largest absolute Gasteiger partial charge is 0.480 e. The van der Waals surface area contributed by atoms with Gasteiger partial charge in [0.2, 0.25) is 35.4 Å². The molecule has 0 aliphatic carbocycles. The molecule has 1 heterocycles. The highest BCUT2D eigenvalue weighted by atomic mass is 16.5. The van der Waals surface area contributed by atoms with E-state index in [1.165, 1.54) is 40.8 Å². The van der Waals surface area contributed by atoms with Crippen LogP contribution in [0, 0.1) is 17.8 Å². The summed E-state index contributed by atoms with van der Waals surface area (Å²) in [7, 11) is 1.20. The fourth-order valence-electron chi connectivity index (χ4n) is 7.88. The molecular formula is C53H72N10O13. The zero-order valence-electron chi connectivity index (χ0n) is 43.9. The number of amides is 7. The van der Waals surface area contributed by atoms with Gasteiger partial charge in [-0.3, -0.25) is 43.3 Å². The van der Waals surface area contributed by atoms with E-state index in [1.807, 2.05) is 43.3 Å². The van der Waals surface area contributed by atoms with Crippen LogP contribution in [0.3, 0.4) is 0 Å². The third-order valence-electron chi connectivity index (χ3n) is 12.6. The van der Waals surface area contributed by atoms with Gasteiger partial charge >= 0.3 is 17.9 Å². The number of nitrogens with one attached hydrogen (secondary N) is 6. The minimum Gasteiger partial charge on any atom is -0.480 e. The highest BCUT2D eigenvalue weighted by molar-refractivity contribution is 6.00. The Morgan fingerprint density at radius 1 is 0.776 bits per heavy atom. The predicted molar refractivity (Wildman–Crippen MR) is 280 cm³/mol. The van der Waals surface area contributed by atoms with Crippen LogP contribution in [-0.4, -0.2) is 136 Å². The zero-order chi connectivity index (χ0) is 56.8. The van der Waals surface area contributed by atoms with Crippen LogP contribution in [0.25, 0.3) is 0 Å². The lowest BCUT2D eigenvalue weighted by molar-refractivity contribution is -0.148. The number of nitrogens with zero attached hydrogens (tertiary/aromatic N) is 2. The molecule has 1 aliphatic rings. The third-order valence-corrected chi connectivity index (χ3v) is 12.6. The molecule has 23 heteroatoms. The maximum Gasteiger partial charge on any atom is 0.327 e. The number of ether oxygens (including phenoxy) is 1. The third kappa shape index (κ3) is 20.2. The van der Waals surface area contributed by atoms with E-state index in [2.05, 4.69) is 43.5 Å². The minimum atomic E-state index is -1.94. The summed E-state index contributed by atoms with van der Waals surface area (Å²) in [5, 5.41) is 35.6. The number of aliphatic carboxylic acids is 2. The number of hydrogen-bond acceptors (Lipinski definition) is 12. The summed E-state index contributed by atoms with van der Waals surface area (Å²) < 4.78 is 5.68. The molecule has 1 fully saturated rings. The van der Waals surface area contributed by atoms with Crippen molar-refractivity contribution in [1.82, 2.24) is 36.8 Å². The Morgan fingerprint density at radius 3 is 1.93 bits per heavy atom. The van der Waals surface area contributed by atoms with E-state index in [-0.39, 0.29) is 37.7 Å². The molecule has 23 nitrogen and oxygen atoms in total. The lowest BCUT2D eigenvalue weighted by Gasteiger charge is -2.28. The first kappa shape index (κ1) is 61.9. The number of guanidine groups is 1. The van der Waals surface area contributed by atoms with Crippen LogP contribution < -0.4 is 43.4 Å². The monoisotopic (exact) mass is 1060 g/mol. The number of esters is 1. The quantitative estimate of drug-likeness (QED) is 0.0294. The summed E-state index contributed by atoms with van der Waals surface area (Å²) in [4.78, 5) is 139. The zero-order valence-corrected chi connectivity index (χ0v) is 43.9. The molecule has 0 aromatic heterocycles. The van der Waals surface area contributed by atoms with Crippen molar-refractivity contribution < 1.29 is 62.9 Å². The first-order chi connectivity index (χ1) is 35.8. The molecule has 0 radical (unpaired) electrons. The number of hydrogen-bond donors (Lipinski definition) is 10. The number of carboxylic acid groups (broad SMARTS) is 2. The Labute approximate surface area is 441 Å². The topological polar surface area (TPSA) is 360 Å². The van der Waals surface area contributed by atoms with Crippen LogP contribution in [0.5, 0.6) is 0 Å². The Bertz CT molecular complexity index is 2510. The van der Waals surface area contributed by atoms with E-state index < -0.39 is 132 Å². The summed E-state index contributed by atoms with van der Waals surface area (Å²) in [6, 6.07) is 8.58. The number of carbonyl (C=O) groups is 10. The van der Waals surface area contributed by atoms with E-state index in [4.69, 9.17) is 16.2 Å². The molecule has 10 atom stereocenters. The van der Waals surface area contributed by atoms with Crippen molar-refractivity contribution in [1.29, 1.82) is 0 Å². The Morgan fingerprint density at radius 2 is 1.36 bits per heavy atom. The van der Waals surface area contributed by atoms with Crippen molar-refractivity contribution in [3.8, 4) is 0 Å². The number of nitrogens with two attached hydrogens (primary N) is 2. The molecule has 2 aromatic carbocycles. The van der Waals surface area contributed by atoms with Crippen molar-refractivity contribution >= 4 is 65.2 Å². The lowest BCUT2D eigenvalue weighted by Crippen LogP contribution is -2.59. The van der Waals surface area contributed by atoms with Gasteiger partial charge in [-0.05, 0) is 44.2 Å². The standard InChI is InChI=1S/C53H72N10O13/c1-29(26-30(2)42(76-35(7)64)28-37-18-13-10-14-19-37)21-22-38-31(3)45(66)60-40(51(72)73)23-24-43(65)63(8)34(6)48(69)57-33(5)47(68)61-41(27-36-16-11-9-12-17-36)50(71)62-44(52(74)75)32(4)46(67)59-39(49(70)58-38)20-15-25-56-53(54)55/h9-14,16-19,21-22,26,30-33,38-42,44H,6,15,20,23-25,27-28H2,1-5,7-8H3,(H,57,69)(H,58,70)(H,59,67)(H,60,66)(H,61,68)(H,62,71)(H,72,73)(H,74,75)(H4,54,55,56)/b22-21+,29-26+/t30-,31-,32-,33+,38-,39-,40+,41-,42-,44+/m0/s1. The first-order valence-electron chi connectivity index (χ1n) is 24.7. The van der Waals surface area contributed by atoms with Crippen molar-refractivity contribution in [2.24, 2.45) is 34.2 Å². The number of benzene rings is 2. The van der Waals surface area contributed by atoms with Crippen molar-refractivity contribution in [2.45, 2.75) is 122 Å². The van der Waals surface area contributed by atoms with Crippen molar-refractivity contribution in [3.05, 3.63) is 108 Å². The van der Waals surface area contributed by atoms with Gasteiger partial charge < -0.3 is 63.2 Å². The SMILES string of the molecule is C=C1C(=O)N[C@H](C)C(=O)N[C@@H](Cc2ccccc2)C(=O)N[C@@H](C(=O)O)[C@H](C)C(=O)N[C@@H](CCCN=C(N)N)C(=O)N[C@@H](/C=C/C(C)=C/[C@H](C)[C@H](Cc2ccccc2)OC(C)=O)[C@H](C)C(=O)N[C@@H](C(=O)O)CCC(=O)N1C. The van der Waals surface area contributed by atoms with Gasteiger partial charge in [-0.1, -0.05) is 112 Å². The summed E-state index contributed by atoms with van der Waals surface area (Å²) in [5.74, 6) is -13.6. The fourth-order valence-corrected chi connectivity index (χ4v) is 7.88. The smallest absolute Gasteiger partial charge is 0.327 e. The highest BCUT2D eigenvalue weighted by Crippen LogP contribution is 2.20. The van der Waals surface area contributed by atoms with Crippen LogP contribution in [0.2, 0.25) is 0 Å². The number of allylic oxidation sites excluding steroid dienone is 2. The Balaban J connectivity index is 2.15. The highest BCUT2D eigenvalue weighted by Gasteiger charge is 2.37. The Hall–Kier alpha value is -8.37. The summed E-state index contributed by atoms with van der Waals surface area (Å²) in [6.45, 7) is 12.4. The van der Waals surface area contributed by atoms with Gasteiger partial charge in [-0.2, -0.15) is 0 Å². The van der Waals surface area contributed by atoms with Crippen LogP contribution in [0.4, 0.5) is 0 Å². The van der Waals surface area contributed by atoms with Gasteiger partial charge in [0.25, 0.3) is 5.91 Å². The van der Waals surface area contributed by atoms with Crippen LogP contribution in [0.1, 0.15) is 78.4 Å². The molecular weight excluding hydrogens is 985 g/mol. The van der Waals surface area contributed by atoms with Crippen molar-refractivity contribution in [3.63, 3.8) is 0 Å². The second-order valence-electron chi connectivity index (χ2n) is 18.7. The maximum atomic E-state index is 14.5. The van der Waals surface area contributed by atoms with Gasteiger partial charge in [0, 0.05) is 45.7 Å². The van der Waals surface area contributed by atoms with Gasteiger partial charge in [-0.15, -0.1) is 0 Å². The van der Waals surface area contributed by atoms with E-state index in [9.17, 15) is 58.2 Å². The average Bonchev–Trinajstić information content (AvgIpc) is 3.36. The predicted octanol–water partition coefficient (Wildman–Crippen LogP) is 0.732. The van der Waals surface area contributed by atoms with Gasteiger partial charge in [-0.25, -0.2) is 9.59 Å². The number of likely N-dealkylation sites (N-methyl/N-ethyl adjacent to an activating group) is 1. The minimum absolute atomic E-state index is 0.00588. The maximum absolute atomic E-state index is 14.5. The lowest BCUT2D eigenvalue weighted by atomic mass is 9.94. The van der Waals surface area contributed by atoms with Crippen LogP contribution in [0.15, 0.2) is 102 Å². The molecule has 412 valence electrons. The summed E-state index contributed by atoms with van der Waals surface area (Å²) >= 11 is 0. The normalized spacial score (nSPS) is 24.2. The fraction of sp³-hybridized carbons (Fsp3) is 0.453. The first-order valence-corrected chi connectivity index (χ1v) is 24.7. The molecule has 0 unspecified atom stereocenters. The molecule has 1 aliphatic heterocycles. The number of rotatable bonds is 15. The molecule has 0 bridgehead atoms. The second-order valence-corrected chi connectivity index (χ2v) is 18.7. The summed E-state index contributed by atoms with van der Waals surface area (Å²) in [5.41, 5.74) is 12.7. The van der Waals surface area contributed by atoms with E-state index in [1.54, 1.807) is 43.3 Å². The molecule has 3 rings (SSSR count).